The fourth-order valence-electron chi connectivity index (χ4n) is 0.891. The Morgan fingerprint density at radius 1 is 1.67 bits per heavy atom. The Morgan fingerprint density at radius 2 is 2.33 bits per heavy atom. The van der Waals surface area contributed by atoms with E-state index >= 15 is 0 Å². The third kappa shape index (κ3) is 1.68. The minimum absolute atomic E-state index is 0.207. The van der Waals surface area contributed by atoms with E-state index in [0.29, 0.717) is 4.83 Å². The van der Waals surface area contributed by atoms with Crippen LogP contribution in [-0.2, 0) is 4.74 Å². The summed E-state index contributed by atoms with van der Waals surface area (Å²) in [6, 6.07) is 0. The number of ether oxygens (including phenoxy) is 1. The van der Waals surface area contributed by atoms with Gasteiger partial charge in [-0.2, -0.15) is 0 Å². The van der Waals surface area contributed by atoms with E-state index < -0.39 is 0 Å². The van der Waals surface area contributed by atoms with Crippen LogP contribution in [0, 0.1) is 12.0 Å². The number of rotatable bonds is 0. The SMILES string of the molecule is CC1(C)[CH]OCCC1Br. The van der Waals surface area contributed by atoms with Crippen molar-refractivity contribution in [1.82, 2.24) is 0 Å². The molecule has 0 aromatic rings. The summed E-state index contributed by atoms with van der Waals surface area (Å²) in [6.45, 7) is 7.13. The molecule has 1 rings (SSSR count). The van der Waals surface area contributed by atoms with Crippen molar-refractivity contribution in [2.75, 3.05) is 6.61 Å². The molecule has 1 radical (unpaired) electrons. The molecule has 0 amide bonds. The van der Waals surface area contributed by atoms with Gasteiger partial charge in [-0.15, -0.1) is 0 Å². The van der Waals surface area contributed by atoms with Crippen molar-refractivity contribution >= 4 is 15.9 Å². The Labute approximate surface area is 64.9 Å². The second-order valence-corrected chi connectivity index (χ2v) is 4.17. The average Bonchev–Trinajstić information content (AvgIpc) is 1.77. The smallest absolute Gasteiger partial charge is 0.0903 e. The standard InChI is InChI=1S/C7H12BrO/c1-7(2)5-9-4-3-6(7)8/h5-6H,3-4H2,1-2H3. The molecule has 9 heavy (non-hydrogen) atoms. The first kappa shape index (κ1) is 7.55. The van der Waals surface area contributed by atoms with Crippen LogP contribution in [0.2, 0.25) is 0 Å². The van der Waals surface area contributed by atoms with E-state index in [1.807, 2.05) is 6.61 Å². The summed E-state index contributed by atoms with van der Waals surface area (Å²) in [5.41, 5.74) is 0.207. The molecular formula is C7H12BrO. The molecule has 1 atom stereocenters. The lowest BCUT2D eigenvalue weighted by Crippen LogP contribution is -2.31. The third-order valence-electron chi connectivity index (χ3n) is 1.68. The van der Waals surface area contributed by atoms with E-state index in [0.717, 1.165) is 13.0 Å². The second kappa shape index (κ2) is 2.59. The molecule has 2 heteroatoms. The zero-order chi connectivity index (χ0) is 6.91. The molecule has 0 aromatic carbocycles. The lowest BCUT2D eigenvalue weighted by molar-refractivity contribution is 0.0824. The van der Waals surface area contributed by atoms with E-state index in [4.69, 9.17) is 4.74 Å². The Morgan fingerprint density at radius 3 is 2.67 bits per heavy atom. The second-order valence-electron chi connectivity index (χ2n) is 3.07. The van der Waals surface area contributed by atoms with Crippen LogP contribution in [0.15, 0.2) is 0 Å². The lowest BCUT2D eigenvalue weighted by Gasteiger charge is -2.33. The molecule has 1 saturated heterocycles. The monoisotopic (exact) mass is 191 g/mol. The predicted molar refractivity (Wildman–Crippen MR) is 41.4 cm³/mol. The number of hydrogen-bond acceptors (Lipinski definition) is 1. The zero-order valence-electron chi connectivity index (χ0n) is 5.86. The van der Waals surface area contributed by atoms with Gasteiger partial charge in [-0.1, -0.05) is 29.8 Å². The van der Waals surface area contributed by atoms with Gasteiger partial charge < -0.3 is 4.74 Å². The molecule has 1 unspecified atom stereocenters. The van der Waals surface area contributed by atoms with Crippen molar-refractivity contribution in [2.24, 2.45) is 5.41 Å². The fraction of sp³-hybridized carbons (Fsp3) is 0.857. The van der Waals surface area contributed by atoms with Crippen molar-refractivity contribution < 1.29 is 4.74 Å². The largest absolute Gasteiger partial charge is 0.375 e. The summed E-state index contributed by atoms with van der Waals surface area (Å²) >= 11 is 3.60. The van der Waals surface area contributed by atoms with Crippen LogP contribution in [0.5, 0.6) is 0 Å². The van der Waals surface area contributed by atoms with Gasteiger partial charge in [0.1, 0.15) is 0 Å². The lowest BCUT2D eigenvalue weighted by atomic mass is 9.87. The topological polar surface area (TPSA) is 9.23 Å². The Bertz CT molecular complexity index is 101. The normalized spacial score (nSPS) is 34.3. The summed E-state index contributed by atoms with van der Waals surface area (Å²) in [5.74, 6) is 0. The highest BCUT2D eigenvalue weighted by Crippen LogP contribution is 2.35. The van der Waals surface area contributed by atoms with Crippen molar-refractivity contribution in [3.05, 3.63) is 6.61 Å². The maximum absolute atomic E-state index is 5.20. The summed E-state index contributed by atoms with van der Waals surface area (Å²) in [4.78, 5) is 0.582. The first-order chi connectivity index (χ1) is 4.13. The first-order valence-electron chi connectivity index (χ1n) is 3.23. The van der Waals surface area contributed by atoms with Gasteiger partial charge in [0.2, 0.25) is 0 Å². The van der Waals surface area contributed by atoms with Gasteiger partial charge in [0.15, 0.2) is 0 Å². The third-order valence-corrected chi connectivity index (χ3v) is 3.32. The first-order valence-corrected chi connectivity index (χ1v) is 4.14. The van der Waals surface area contributed by atoms with Crippen molar-refractivity contribution in [1.29, 1.82) is 0 Å². The molecule has 0 spiro atoms. The van der Waals surface area contributed by atoms with Crippen LogP contribution in [-0.4, -0.2) is 11.4 Å². The van der Waals surface area contributed by atoms with Crippen molar-refractivity contribution in [2.45, 2.75) is 25.1 Å². The predicted octanol–water partition coefficient (Wildman–Crippen LogP) is 2.36. The highest BCUT2D eigenvalue weighted by atomic mass is 79.9. The number of alkyl halides is 1. The van der Waals surface area contributed by atoms with Crippen LogP contribution in [0.25, 0.3) is 0 Å². The van der Waals surface area contributed by atoms with Gasteiger partial charge in [0.25, 0.3) is 0 Å². The summed E-state index contributed by atoms with van der Waals surface area (Å²) < 4.78 is 5.20. The van der Waals surface area contributed by atoms with Crippen LogP contribution >= 0.6 is 15.9 Å². The Hall–Kier alpha value is 0.440. The van der Waals surface area contributed by atoms with Gasteiger partial charge in [-0.05, 0) is 6.42 Å². The number of hydrogen-bond donors (Lipinski definition) is 0. The molecule has 1 nitrogen and oxygen atoms in total. The van der Waals surface area contributed by atoms with Crippen molar-refractivity contribution in [3.63, 3.8) is 0 Å². The van der Waals surface area contributed by atoms with Gasteiger partial charge in [-0.3, -0.25) is 0 Å². The molecule has 1 fully saturated rings. The minimum Gasteiger partial charge on any atom is -0.375 e. The summed E-state index contributed by atoms with van der Waals surface area (Å²) in [5, 5.41) is 0. The molecule has 1 aliphatic rings. The maximum atomic E-state index is 5.20. The zero-order valence-corrected chi connectivity index (χ0v) is 7.44. The van der Waals surface area contributed by atoms with Gasteiger partial charge in [0, 0.05) is 16.8 Å². The van der Waals surface area contributed by atoms with Crippen molar-refractivity contribution in [3.8, 4) is 0 Å². The molecule has 0 aromatic heterocycles. The van der Waals surface area contributed by atoms with Crippen LogP contribution in [0.4, 0.5) is 0 Å². The minimum atomic E-state index is 0.207. The van der Waals surface area contributed by atoms with Crippen LogP contribution in [0.1, 0.15) is 20.3 Å². The molecule has 1 aliphatic heterocycles. The fourth-order valence-corrected chi connectivity index (χ4v) is 1.19. The Balaban J connectivity index is 2.49. The van der Waals surface area contributed by atoms with E-state index in [1.54, 1.807) is 0 Å². The molecule has 1 heterocycles. The van der Waals surface area contributed by atoms with Crippen LogP contribution < -0.4 is 0 Å². The number of halogens is 1. The van der Waals surface area contributed by atoms with E-state index in [9.17, 15) is 0 Å². The summed E-state index contributed by atoms with van der Waals surface area (Å²) in [7, 11) is 0. The summed E-state index contributed by atoms with van der Waals surface area (Å²) in [6.07, 6.45) is 1.11. The van der Waals surface area contributed by atoms with E-state index in [2.05, 4.69) is 29.8 Å². The maximum Gasteiger partial charge on any atom is 0.0903 e. The molecule has 53 valence electrons. The molecule has 0 saturated carbocycles. The highest BCUT2D eigenvalue weighted by Gasteiger charge is 2.31. The molecule has 0 bridgehead atoms. The Kier molecular flexibility index (Phi) is 2.17. The van der Waals surface area contributed by atoms with Gasteiger partial charge in [-0.25, -0.2) is 0 Å². The van der Waals surface area contributed by atoms with Gasteiger partial charge >= 0.3 is 0 Å². The molecular weight excluding hydrogens is 180 g/mol. The molecule has 0 aliphatic carbocycles. The van der Waals surface area contributed by atoms with Gasteiger partial charge in [0.05, 0.1) is 6.61 Å². The average molecular weight is 192 g/mol. The van der Waals surface area contributed by atoms with E-state index in [1.165, 1.54) is 0 Å². The van der Waals surface area contributed by atoms with E-state index in [-0.39, 0.29) is 5.41 Å². The van der Waals surface area contributed by atoms with Crippen LogP contribution in [0.3, 0.4) is 0 Å². The quantitative estimate of drug-likeness (QED) is 0.535. The highest BCUT2D eigenvalue weighted by molar-refractivity contribution is 9.09. The molecule has 0 N–H and O–H groups in total.